The van der Waals surface area contributed by atoms with Crippen LogP contribution in [-0.2, 0) is 11.8 Å². The van der Waals surface area contributed by atoms with Gasteiger partial charge in [0.1, 0.15) is 5.65 Å². The lowest BCUT2D eigenvalue weighted by Crippen LogP contribution is -2.19. The molecule has 10 heteroatoms. The number of H-pyrrole nitrogens is 1. The van der Waals surface area contributed by atoms with E-state index in [4.69, 9.17) is 0 Å². The van der Waals surface area contributed by atoms with Crippen LogP contribution in [0.2, 0.25) is 0 Å². The molecule has 4 aromatic heterocycles. The van der Waals surface area contributed by atoms with Crippen LogP contribution in [0, 0.1) is 0 Å². The van der Waals surface area contributed by atoms with E-state index in [1.165, 1.54) is 0 Å². The third-order valence-corrected chi connectivity index (χ3v) is 5.88. The number of imidazole rings is 2. The average molecular weight is 457 g/mol. The van der Waals surface area contributed by atoms with Gasteiger partial charge >= 0.3 is 5.76 Å². The van der Waals surface area contributed by atoms with Gasteiger partial charge in [0.25, 0.3) is 5.91 Å². The largest absolute Gasteiger partial charge is 0.438 e. The summed E-state index contributed by atoms with van der Waals surface area (Å²) >= 11 is 0. The molecule has 0 aliphatic carbocycles. The van der Waals surface area contributed by atoms with E-state index in [0.29, 0.717) is 23.6 Å². The molecule has 1 aromatic carbocycles. The zero-order chi connectivity index (χ0) is 23.7. The first-order valence-electron chi connectivity index (χ1n) is 10.8. The topological polar surface area (TPSA) is 123 Å². The Morgan fingerprint density at radius 3 is 2.68 bits per heavy atom. The number of aromatic amines is 1. The first-order chi connectivity index (χ1) is 16.4. The van der Waals surface area contributed by atoms with Crippen molar-refractivity contribution in [3.63, 3.8) is 0 Å². The number of carbonyl (C=O) groups is 1. The summed E-state index contributed by atoms with van der Waals surface area (Å²) in [6, 6.07) is 11.3. The summed E-state index contributed by atoms with van der Waals surface area (Å²) < 4.78 is 8.31. The molecule has 0 fully saturated rings. The Kier molecular flexibility index (Phi) is 5.33. The van der Waals surface area contributed by atoms with E-state index in [-0.39, 0.29) is 11.3 Å². The van der Waals surface area contributed by atoms with E-state index in [2.05, 4.69) is 43.8 Å². The first-order valence-corrected chi connectivity index (χ1v) is 10.8. The smallest absolute Gasteiger partial charge is 0.305 e. The molecule has 0 aliphatic rings. The highest BCUT2D eigenvalue weighted by Gasteiger charge is 2.22. The standard InChI is InChI=1S/C24H23N7O3/c1-24(2,10-9-19-28-23(33)34-29-19)17-5-3-16(4-6-17)22(32)27-20-14-31-13-18(7-8-21(31)26-20)30-12-11-25-15-30/h3-8,11-15H,9-10H2,1-2H3,(H,27,32)(H,28,29,33). The maximum Gasteiger partial charge on any atom is 0.438 e. The van der Waals surface area contributed by atoms with Crippen molar-refractivity contribution in [1.82, 2.24) is 29.1 Å². The van der Waals surface area contributed by atoms with Crippen LogP contribution in [0.5, 0.6) is 0 Å². The van der Waals surface area contributed by atoms with Crippen LogP contribution in [0.4, 0.5) is 5.82 Å². The SMILES string of the molecule is CC(C)(CCc1noc(=O)[nH]1)c1ccc(C(=O)Nc2cn3cc(-n4ccnc4)ccc3n2)cc1. The fraction of sp³-hybridized carbons (Fsp3) is 0.208. The van der Waals surface area contributed by atoms with Crippen LogP contribution < -0.4 is 11.1 Å². The minimum atomic E-state index is -0.549. The predicted molar refractivity (Wildman–Crippen MR) is 125 cm³/mol. The van der Waals surface area contributed by atoms with Crippen LogP contribution in [0.3, 0.4) is 0 Å². The molecule has 0 saturated heterocycles. The van der Waals surface area contributed by atoms with Crippen molar-refractivity contribution in [3.8, 4) is 5.69 Å². The first kappa shape index (κ1) is 21.4. The predicted octanol–water partition coefficient (Wildman–Crippen LogP) is 3.36. The van der Waals surface area contributed by atoms with Crippen molar-refractivity contribution in [2.24, 2.45) is 0 Å². The quantitative estimate of drug-likeness (QED) is 0.386. The molecular formula is C24H23N7O3. The lowest BCUT2D eigenvalue weighted by atomic mass is 9.80. The average Bonchev–Trinajstić information content (AvgIpc) is 3.58. The highest BCUT2D eigenvalue weighted by molar-refractivity contribution is 6.03. The minimum absolute atomic E-state index is 0.181. The number of rotatable bonds is 7. The van der Waals surface area contributed by atoms with E-state index in [0.717, 1.165) is 23.3 Å². The number of nitrogens with one attached hydrogen (secondary N) is 2. The van der Waals surface area contributed by atoms with E-state index in [9.17, 15) is 9.59 Å². The van der Waals surface area contributed by atoms with Crippen molar-refractivity contribution in [2.45, 2.75) is 32.1 Å². The van der Waals surface area contributed by atoms with Gasteiger partial charge in [-0.25, -0.2) is 14.8 Å². The van der Waals surface area contributed by atoms with Crippen molar-refractivity contribution in [2.75, 3.05) is 5.32 Å². The number of hydrogen-bond acceptors (Lipinski definition) is 6. The summed E-state index contributed by atoms with van der Waals surface area (Å²) in [6.45, 7) is 4.21. The van der Waals surface area contributed by atoms with Gasteiger partial charge in [-0.1, -0.05) is 31.1 Å². The van der Waals surface area contributed by atoms with Crippen LogP contribution in [0.25, 0.3) is 11.3 Å². The number of anilines is 1. The van der Waals surface area contributed by atoms with Gasteiger partial charge in [-0.3, -0.25) is 14.3 Å². The number of pyridine rings is 1. The Morgan fingerprint density at radius 1 is 1.15 bits per heavy atom. The molecule has 2 N–H and O–H groups in total. The zero-order valence-corrected chi connectivity index (χ0v) is 18.7. The Balaban J connectivity index is 1.26. The molecule has 0 spiro atoms. The highest BCUT2D eigenvalue weighted by atomic mass is 16.5. The minimum Gasteiger partial charge on any atom is -0.305 e. The molecule has 172 valence electrons. The molecule has 1 amide bonds. The lowest BCUT2D eigenvalue weighted by molar-refractivity contribution is 0.102. The van der Waals surface area contributed by atoms with E-state index >= 15 is 0 Å². The highest BCUT2D eigenvalue weighted by Crippen LogP contribution is 2.28. The molecule has 34 heavy (non-hydrogen) atoms. The summed E-state index contributed by atoms with van der Waals surface area (Å²) in [5.74, 6) is 0.215. The number of nitrogens with zero attached hydrogens (tertiary/aromatic N) is 5. The van der Waals surface area contributed by atoms with Gasteiger partial charge in [0.15, 0.2) is 11.6 Å². The molecule has 0 aliphatic heterocycles. The number of hydrogen-bond donors (Lipinski definition) is 2. The third kappa shape index (κ3) is 4.38. The summed E-state index contributed by atoms with van der Waals surface area (Å²) in [7, 11) is 0. The maximum atomic E-state index is 12.8. The Labute approximate surface area is 194 Å². The molecular weight excluding hydrogens is 434 g/mol. The fourth-order valence-electron chi connectivity index (χ4n) is 3.81. The molecule has 0 bridgehead atoms. The van der Waals surface area contributed by atoms with Crippen LogP contribution >= 0.6 is 0 Å². The van der Waals surface area contributed by atoms with Crippen LogP contribution in [0.1, 0.15) is 42.0 Å². The van der Waals surface area contributed by atoms with Gasteiger partial charge in [0, 0.05) is 30.6 Å². The summed E-state index contributed by atoms with van der Waals surface area (Å²) in [4.78, 5) is 35.0. The molecule has 0 saturated carbocycles. The molecule has 4 heterocycles. The summed E-state index contributed by atoms with van der Waals surface area (Å²) in [5.41, 5.74) is 3.10. The number of amides is 1. The van der Waals surface area contributed by atoms with Crippen LogP contribution in [-0.4, -0.2) is 35.0 Å². The second-order valence-electron chi connectivity index (χ2n) is 8.71. The lowest BCUT2D eigenvalue weighted by Gasteiger charge is -2.25. The van der Waals surface area contributed by atoms with E-state index in [1.54, 1.807) is 30.9 Å². The van der Waals surface area contributed by atoms with Crippen molar-refractivity contribution in [1.29, 1.82) is 0 Å². The second-order valence-corrected chi connectivity index (χ2v) is 8.71. The summed E-state index contributed by atoms with van der Waals surface area (Å²) in [5, 5.41) is 6.58. The van der Waals surface area contributed by atoms with Gasteiger partial charge in [-0.15, -0.1) is 0 Å². The fourth-order valence-corrected chi connectivity index (χ4v) is 3.81. The van der Waals surface area contributed by atoms with E-state index in [1.807, 2.05) is 45.6 Å². The van der Waals surface area contributed by atoms with Crippen molar-refractivity contribution in [3.05, 3.63) is 95.0 Å². The van der Waals surface area contributed by atoms with Gasteiger partial charge < -0.3 is 14.3 Å². The molecule has 0 unspecified atom stereocenters. The zero-order valence-electron chi connectivity index (χ0n) is 18.7. The Morgan fingerprint density at radius 2 is 1.97 bits per heavy atom. The number of carbonyl (C=O) groups excluding carboxylic acids is 1. The number of fused-ring (bicyclic) bond motifs is 1. The maximum absolute atomic E-state index is 12.8. The molecule has 0 atom stereocenters. The second kappa shape index (κ2) is 8.47. The number of aryl methyl sites for hydroxylation is 1. The van der Waals surface area contributed by atoms with Crippen molar-refractivity contribution >= 4 is 17.4 Å². The number of benzene rings is 1. The van der Waals surface area contributed by atoms with Crippen molar-refractivity contribution < 1.29 is 9.32 Å². The van der Waals surface area contributed by atoms with Gasteiger partial charge in [0.2, 0.25) is 0 Å². The molecule has 5 rings (SSSR count). The summed E-state index contributed by atoms with van der Waals surface area (Å²) in [6.07, 6.45) is 10.3. The van der Waals surface area contributed by atoms with Crippen LogP contribution in [0.15, 0.2) is 76.8 Å². The van der Waals surface area contributed by atoms with Gasteiger partial charge in [0.05, 0.1) is 18.2 Å². The van der Waals surface area contributed by atoms with E-state index < -0.39 is 5.76 Å². The normalized spacial score (nSPS) is 11.7. The third-order valence-electron chi connectivity index (χ3n) is 5.88. The number of aromatic nitrogens is 6. The monoisotopic (exact) mass is 457 g/mol. The Hall–Kier alpha value is -4.47. The molecule has 5 aromatic rings. The van der Waals surface area contributed by atoms with Gasteiger partial charge in [-0.2, -0.15) is 0 Å². The van der Waals surface area contributed by atoms with Gasteiger partial charge in [-0.05, 0) is 41.7 Å². The molecule has 0 radical (unpaired) electrons. The Bertz CT molecular complexity index is 1490. The molecule has 10 nitrogen and oxygen atoms in total.